The van der Waals surface area contributed by atoms with Gasteiger partial charge in [0.15, 0.2) is 0 Å². The number of carbonyl (C=O) groups is 1. The summed E-state index contributed by atoms with van der Waals surface area (Å²) in [5.41, 5.74) is 2.08. The first-order chi connectivity index (χ1) is 12.7. The third kappa shape index (κ3) is 4.13. The Morgan fingerprint density at radius 3 is 2.15 bits per heavy atom. The van der Waals surface area contributed by atoms with Gasteiger partial charge < -0.3 is 20.1 Å². The molecular formula is C21H20N2O3. The van der Waals surface area contributed by atoms with Crippen LogP contribution in [0.15, 0.2) is 72.8 Å². The van der Waals surface area contributed by atoms with Crippen LogP contribution >= 0.6 is 0 Å². The van der Waals surface area contributed by atoms with Gasteiger partial charge in [-0.15, -0.1) is 0 Å². The number of hydrogen-bond acceptors (Lipinski definition) is 3. The summed E-state index contributed by atoms with van der Waals surface area (Å²) in [7, 11) is 1.56. The summed E-state index contributed by atoms with van der Waals surface area (Å²) in [6.45, 7) is 1.89. The normalized spacial score (nSPS) is 10.1. The monoisotopic (exact) mass is 348 g/mol. The van der Waals surface area contributed by atoms with Crippen LogP contribution in [0, 0.1) is 6.92 Å². The fourth-order valence-electron chi connectivity index (χ4n) is 2.57. The first-order valence-electron chi connectivity index (χ1n) is 8.21. The summed E-state index contributed by atoms with van der Waals surface area (Å²) in [5, 5.41) is 5.59. The molecule has 0 saturated carbocycles. The molecule has 0 radical (unpaired) electrons. The molecule has 5 heteroatoms. The highest BCUT2D eigenvalue weighted by atomic mass is 16.5. The van der Waals surface area contributed by atoms with Crippen LogP contribution in [0.2, 0.25) is 0 Å². The van der Waals surface area contributed by atoms with Gasteiger partial charge in [0.25, 0.3) is 0 Å². The second-order valence-electron chi connectivity index (χ2n) is 5.63. The molecule has 0 aromatic heterocycles. The number of hydrogen-bond donors (Lipinski definition) is 2. The van der Waals surface area contributed by atoms with Crippen LogP contribution in [0.5, 0.6) is 17.2 Å². The van der Waals surface area contributed by atoms with Gasteiger partial charge in [-0.05, 0) is 43.3 Å². The van der Waals surface area contributed by atoms with Crippen molar-refractivity contribution in [1.82, 2.24) is 0 Å². The van der Waals surface area contributed by atoms with Crippen LogP contribution in [-0.2, 0) is 0 Å². The lowest BCUT2D eigenvalue weighted by molar-refractivity contribution is 0.262. The molecule has 0 unspecified atom stereocenters. The molecule has 0 heterocycles. The Kier molecular flexibility index (Phi) is 5.39. The summed E-state index contributed by atoms with van der Waals surface area (Å²) in [6.07, 6.45) is 0. The Labute approximate surface area is 152 Å². The van der Waals surface area contributed by atoms with Gasteiger partial charge >= 0.3 is 6.03 Å². The van der Waals surface area contributed by atoms with Crippen molar-refractivity contribution in [3.05, 3.63) is 78.4 Å². The quantitative estimate of drug-likeness (QED) is 0.645. The molecule has 0 atom stereocenters. The van der Waals surface area contributed by atoms with E-state index in [1.165, 1.54) is 0 Å². The van der Waals surface area contributed by atoms with Crippen LogP contribution in [0.1, 0.15) is 5.56 Å². The zero-order valence-electron chi connectivity index (χ0n) is 14.7. The molecule has 3 aromatic carbocycles. The van der Waals surface area contributed by atoms with Crippen LogP contribution in [0.4, 0.5) is 16.2 Å². The van der Waals surface area contributed by atoms with Gasteiger partial charge in [-0.1, -0.05) is 36.4 Å². The van der Waals surface area contributed by atoms with Crippen molar-refractivity contribution in [1.29, 1.82) is 0 Å². The second kappa shape index (κ2) is 8.07. The molecule has 0 bridgehead atoms. The maximum atomic E-state index is 12.2. The van der Waals surface area contributed by atoms with Gasteiger partial charge in [-0.2, -0.15) is 0 Å². The lowest BCUT2D eigenvalue weighted by Crippen LogP contribution is -2.20. The predicted octanol–water partition coefficient (Wildman–Crippen LogP) is 5.44. The Hall–Kier alpha value is -3.47. The zero-order chi connectivity index (χ0) is 18.4. The zero-order valence-corrected chi connectivity index (χ0v) is 14.7. The highest BCUT2D eigenvalue weighted by Crippen LogP contribution is 2.37. The van der Waals surface area contributed by atoms with Crippen LogP contribution in [0.3, 0.4) is 0 Å². The van der Waals surface area contributed by atoms with E-state index in [4.69, 9.17) is 9.47 Å². The average Bonchev–Trinajstić information content (AvgIpc) is 2.66. The van der Waals surface area contributed by atoms with Gasteiger partial charge in [0.2, 0.25) is 0 Å². The van der Waals surface area contributed by atoms with Crippen molar-refractivity contribution < 1.29 is 14.3 Å². The predicted molar refractivity (Wildman–Crippen MR) is 103 cm³/mol. The van der Waals surface area contributed by atoms with Crippen molar-refractivity contribution in [2.24, 2.45) is 0 Å². The fraction of sp³-hybridized carbons (Fsp3) is 0.0952. The lowest BCUT2D eigenvalue weighted by Gasteiger charge is -2.16. The molecule has 3 rings (SSSR count). The molecule has 0 spiro atoms. The minimum absolute atomic E-state index is 0.342. The molecule has 2 N–H and O–H groups in total. The van der Waals surface area contributed by atoms with Gasteiger partial charge in [0, 0.05) is 11.3 Å². The Balaban J connectivity index is 1.77. The minimum Gasteiger partial charge on any atom is -0.494 e. The number of urea groups is 1. The van der Waals surface area contributed by atoms with E-state index in [0.717, 1.165) is 11.3 Å². The van der Waals surface area contributed by atoms with Crippen molar-refractivity contribution in [2.45, 2.75) is 6.92 Å². The highest BCUT2D eigenvalue weighted by molar-refractivity contribution is 6.00. The number of amides is 2. The molecule has 0 saturated heterocycles. The van der Waals surface area contributed by atoms with Gasteiger partial charge in [-0.3, -0.25) is 0 Å². The molecule has 0 aliphatic heterocycles. The summed E-state index contributed by atoms with van der Waals surface area (Å²) < 4.78 is 11.4. The van der Waals surface area contributed by atoms with Crippen molar-refractivity contribution in [3.63, 3.8) is 0 Å². The van der Waals surface area contributed by atoms with Gasteiger partial charge in [-0.25, -0.2) is 4.79 Å². The van der Waals surface area contributed by atoms with E-state index in [1.54, 1.807) is 13.2 Å². The van der Waals surface area contributed by atoms with Crippen molar-refractivity contribution in [3.8, 4) is 17.2 Å². The smallest absolute Gasteiger partial charge is 0.323 e. The Morgan fingerprint density at radius 2 is 1.50 bits per heavy atom. The summed E-state index contributed by atoms with van der Waals surface area (Å²) >= 11 is 0. The standard InChI is InChI=1S/C21H20N2O3/c1-15-19(26-17-11-7-4-8-12-17)14-13-18(20(15)25-2)23-21(24)22-16-9-5-3-6-10-16/h3-14H,1-2H3,(H2,22,23,24). The van der Waals surface area contributed by atoms with Gasteiger partial charge in [0.1, 0.15) is 17.2 Å². The molecule has 2 amide bonds. The summed E-state index contributed by atoms with van der Waals surface area (Å²) in [6, 6.07) is 22.0. The number of ether oxygens (including phenoxy) is 2. The average molecular weight is 348 g/mol. The third-order valence-corrected chi connectivity index (χ3v) is 3.81. The first kappa shape index (κ1) is 17.4. The van der Waals surface area contributed by atoms with E-state index >= 15 is 0 Å². The number of benzene rings is 3. The number of para-hydroxylation sites is 2. The number of methoxy groups -OCH3 is 1. The molecule has 5 nitrogen and oxygen atoms in total. The van der Waals surface area contributed by atoms with E-state index in [2.05, 4.69) is 10.6 Å². The van der Waals surface area contributed by atoms with Crippen molar-refractivity contribution in [2.75, 3.05) is 17.7 Å². The van der Waals surface area contributed by atoms with E-state index < -0.39 is 0 Å². The molecule has 132 valence electrons. The highest BCUT2D eigenvalue weighted by Gasteiger charge is 2.14. The third-order valence-electron chi connectivity index (χ3n) is 3.81. The SMILES string of the molecule is COc1c(NC(=O)Nc2ccccc2)ccc(Oc2ccccc2)c1C. The molecule has 0 fully saturated rings. The first-order valence-corrected chi connectivity index (χ1v) is 8.21. The molecule has 26 heavy (non-hydrogen) atoms. The number of anilines is 2. The van der Waals surface area contributed by atoms with Crippen molar-refractivity contribution >= 4 is 17.4 Å². The maximum Gasteiger partial charge on any atom is 0.323 e. The number of nitrogens with one attached hydrogen (secondary N) is 2. The molecule has 3 aromatic rings. The van der Waals surface area contributed by atoms with Gasteiger partial charge in [0.05, 0.1) is 12.8 Å². The summed E-state index contributed by atoms with van der Waals surface area (Å²) in [4.78, 5) is 12.2. The molecular weight excluding hydrogens is 328 g/mol. The fourth-order valence-corrected chi connectivity index (χ4v) is 2.57. The minimum atomic E-state index is -0.342. The van der Waals surface area contributed by atoms with E-state index in [0.29, 0.717) is 22.9 Å². The molecule has 0 aliphatic carbocycles. The van der Waals surface area contributed by atoms with Crippen LogP contribution in [0.25, 0.3) is 0 Å². The largest absolute Gasteiger partial charge is 0.494 e. The Bertz CT molecular complexity index is 881. The topological polar surface area (TPSA) is 59.6 Å². The summed E-state index contributed by atoms with van der Waals surface area (Å²) in [5.74, 6) is 1.96. The van der Waals surface area contributed by atoms with E-state index in [1.807, 2.05) is 73.7 Å². The Morgan fingerprint density at radius 1 is 0.846 bits per heavy atom. The maximum absolute atomic E-state index is 12.2. The van der Waals surface area contributed by atoms with E-state index in [-0.39, 0.29) is 6.03 Å². The number of carbonyl (C=O) groups excluding carboxylic acids is 1. The molecule has 0 aliphatic rings. The van der Waals surface area contributed by atoms with Crippen LogP contribution < -0.4 is 20.1 Å². The lowest BCUT2D eigenvalue weighted by atomic mass is 10.1. The van der Waals surface area contributed by atoms with E-state index in [9.17, 15) is 4.79 Å². The van der Waals surface area contributed by atoms with Crippen LogP contribution in [-0.4, -0.2) is 13.1 Å². The second-order valence-corrected chi connectivity index (χ2v) is 5.63. The number of rotatable bonds is 5.